The van der Waals surface area contributed by atoms with E-state index in [0.717, 1.165) is 5.69 Å². The number of carbonyl (C=O) groups excluding carboxylic acids is 1. The van der Waals surface area contributed by atoms with Gasteiger partial charge in [0.15, 0.2) is 5.78 Å². The summed E-state index contributed by atoms with van der Waals surface area (Å²) in [5, 5.41) is 13.0. The number of nitrogens with zero attached hydrogens (tertiary/aromatic N) is 2. The summed E-state index contributed by atoms with van der Waals surface area (Å²) < 4.78 is 1.59. The zero-order chi connectivity index (χ0) is 12.5. The quantitative estimate of drug-likeness (QED) is 0.785. The lowest BCUT2D eigenvalue weighted by atomic mass is 10.1. The van der Waals surface area contributed by atoms with Crippen molar-refractivity contribution in [2.75, 3.05) is 0 Å². The standard InChI is InChI=1S/C11H16N2O3/c1-6(11(15)16)5-13-8(3)10(9(4)14)7(2)12-13/h6H,5H2,1-4H3,(H,15,16). The van der Waals surface area contributed by atoms with Crippen molar-refractivity contribution in [3.05, 3.63) is 17.0 Å². The van der Waals surface area contributed by atoms with Crippen molar-refractivity contribution in [2.45, 2.75) is 34.2 Å². The predicted molar refractivity (Wildman–Crippen MR) is 58.5 cm³/mol. The average molecular weight is 224 g/mol. The average Bonchev–Trinajstić information content (AvgIpc) is 2.41. The van der Waals surface area contributed by atoms with Crippen LogP contribution < -0.4 is 0 Å². The molecule has 1 atom stereocenters. The van der Waals surface area contributed by atoms with Crippen LogP contribution in [-0.4, -0.2) is 26.6 Å². The fourth-order valence-electron chi connectivity index (χ4n) is 1.72. The Morgan fingerprint density at radius 2 is 2.00 bits per heavy atom. The van der Waals surface area contributed by atoms with Gasteiger partial charge in [0.25, 0.3) is 0 Å². The Labute approximate surface area is 94.1 Å². The van der Waals surface area contributed by atoms with Crippen LogP contribution in [0.5, 0.6) is 0 Å². The molecule has 88 valence electrons. The number of aryl methyl sites for hydroxylation is 1. The zero-order valence-corrected chi connectivity index (χ0v) is 9.94. The Hall–Kier alpha value is -1.65. The summed E-state index contributed by atoms with van der Waals surface area (Å²) in [6, 6.07) is 0. The van der Waals surface area contributed by atoms with Gasteiger partial charge in [-0.3, -0.25) is 14.3 Å². The highest BCUT2D eigenvalue weighted by Crippen LogP contribution is 2.15. The lowest BCUT2D eigenvalue weighted by molar-refractivity contribution is -0.141. The van der Waals surface area contributed by atoms with Crippen molar-refractivity contribution in [3.8, 4) is 0 Å². The van der Waals surface area contributed by atoms with E-state index in [1.807, 2.05) is 0 Å². The fourth-order valence-corrected chi connectivity index (χ4v) is 1.72. The molecule has 0 saturated carbocycles. The summed E-state index contributed by atoms with van der Waals surface area (Å²) in [4.78, 5) is 22.1. The van der Waals surface area contributed by atoms with Crippen LogP contribution in [0.1, 0.15) is 35.6 Å². The minimum absolute atomic E-state index is 0.0378. The monoisotopic (exact) mass is 224 g/mol. The highest BCUT2D eigenvalue weighted by Gasteiger charge is 2.18. The zero-order valence-electron chi connectivity index (χ0n) is 9.94. The molecule has 1 aromatic heterocycles. The highest BCUT2D eigenvalue weighted by molar-refractivity contribution is 5.96. The molecular formula is C11H16N2O3. The number of aromatic nitrogens is 2. The number of rotatable bonds is 4. The van der Waals surface area contributed by atoms with Gasteiger partial charge in [-0.05, 0) is 20.8 Å². The number of carbonyl (C=O) groups is 2. The minimum atomic E-state index is -0.864. The molecule has 16 heavy (non-hydrogen) atoms. The maximum Gasteiger partial charge on any atom is 0.308 e. The Kier molecular flexibility index (Phi) is 3.47. The van der Waals surface area contributed by atoms with Gasteiger partial charge in [-0.2, -0.15) is 5.10 Å². The van der Waals surface area contributed by atoms with E-state index in [-0.39, 0.29) is 12.3 Å². The molecule has 0 saturated heterocycles. The number of hydrogen-bond acceptors (Lipinski definition) is 3. The first kappa shape index (κ1) is 12.4. The van der Waals surface area contributed by atoms with Gasteiger partial charge < -0.3 is 5.11 Å². The smallest absolute Gasteiger partial charge is 0.308 e. The van der Waals surface area contributed by atoms with Gasteiger partial charge >= 0.3 is 5.97 Å². The van der Waals surface area contributed by atoms with Crippen LogP contribution in [0.3, 0.4) is 0 Å². The number of Topliss-reactive ketones (excluding diaryl/α,β-unsaturated/α-hetero) is 1. The molecule has 1 aromatic rings. The molecule has 0 aromatic carbocycles. The number of carboxylic acids is 1. The summed E-state index contributed by atoms with van der Waals surface area (Å²) >= 11 is 0. The van der Waals surface area contributed by atoms with Crippen LogP contribution in [0.2, 0.25) is 0 Å². The van der Waals surface area contributed by atoms with Crippen LogP contribution >= 0.6 is 0 Å². The second-order valence-corrected chi connectivity index (χ2v) is 4.02. The van der Waals surface area contributed by atoms with E-state index < -0.39 is 11.9 Å². The van der Waals surface area contributed by atoms with Gasteiger partial charge in [-0.25, -0.2) is 0 Å². The molecule has 0 aliphatic carbocycles. The Bertz CT molecular complexity index is 435. The van der Waals surface area contributed by atoms with Crippen LogP contribution in [0.25, 0.3) is 0 Å². The van der Waals surface area contributed by atoms with Crippen LogP contribution in [0.4, 0.5) is 0 Å². The fraction of sp³-hybridized carbons (Fsp3) is 0.545. The first-order valence-electron chi connectivity index (χ1n) is 5.12. The Balaban J connectivity index is 3.04. The van der Waals surface area contributed by atoms with Crippen molar-refractivity contribution in [3.63, 3.8) is 0 Å². The molecule has 0 aliphatic rings. The summed E-state index contributed by atoms with van der Waals surface area (Å²) in [6.45, 7) is 6.93. The third-order valence-corrected chi connectivity index (χ3v) is 2.60. The molecule has 0 spiro atoms. The first-order chi connectivity index (χ1) is 7.34. The van der Waals surface area contributed by atoms with Gasteiger partial charge in [0, 0.05) is 5.69 Å². The second-order valence-electron chi connectivity index (χ2n) is 4.02. The number of ketones is 1. The number of carboxylic acid groups (broad SMARTS) is 1. The third-order valence-electron chi connectivity index (χ3n) is 2.60. The Morgan fingerprint density at radius 1 is 1.44 bits per heavy atom. The molecule has 0 aliphatic heterocycles. The topological polar surface area (TPSA) is 72.2 Å². The summed E-state index contributed by atoms with van der Waals surface area (Å²) in [5.74, 6) is -1.42. The molecular weight excluding hydrogens is 208 g/mol. The lowest BCUT2D eigenvalue weighted by Gasteiger charge is -2.08. The maximum absolute atomic E-state index is 11.4. The first-order valence-corrected chi connectivity index (χ1v) is 5.12. The van der Waals surface area contributed by atoms with Crippen LogP contribution in [0.15, 0.2) is 0 Å². The van der Waals surface area contributed by atoms with Gasteiger partial charge in [0.1, 0.15) is 0 Å². The molecule has 1 unspecified atom stereocenters. The molecule has 0 amide bonds. The molecule has 0 radical (unpaired) electrons. The summed E-state index contributed by atoms with van der Waals surface area (Å²) in [5.41, 5.74) is 1.98. The van der Waals surface area contributed by atoms with E-state index in [1.165, 1.54) is 6.92 Å². The molecule has 0 bridgehead atoms. The van der Waals surface area contributed by atoms with Crippen LogP contribution in [-0.2, 0) is 11.3 Å². The van der Waals surface area contributed by atoms with Crippen molar-refractivity contribution >= 4 is 11.8 Å². The molecule has 5 nitrogen and oxygen atoms in total. The molecule has 1 rings (SSSR count). The SMILES string of the molecule is CC(=O)c1c(C)nn(CC(C)C(=O)O)c1C. The van der Waals surface area contributed by atoms with Gasteiger partial charge in [0.2, 0.25) is 0 Å². The van der Waals surface area contributed by atoms with Gasteiger partial charge in [-0.15, -0.1) is 0 Å². The maximum atomic E-state index is 11.4. The minimum Gasteiger partial charge on any atom is -0.481 e. The van der Waals surface area contributed by atoms with E-state index in [0.29, 0.717) is 11.3 Å². The number of aliphatic carboxylic acids is 1. The van der Waals surface area contributed by atoms with E-state index in [9.17, 15) is 9.59 Å². The van der Waals surface area contributed by atoms with Crippen molar-refractivity contribution in [2.24, 2.45) is 5.92 Å². The summed E-state index contributed by atoms with van der Waals surface area (Å²) in [6.07, 6.45) is 0. The highest BCUT2D eigenvalue weighted by atomic mass is 16.4. The van der Waals surface area contributed by atoms with Crippen molar-refractivity contribution < 1.29 is 14.7 Å². The Morgan fingerprint density at radius 3 is 2.38 bits per heavy atom. The van der Waals surface area contributed by atoms with Gasteiger partial charge in [0.05, 0.1) is 23.7 Å². The largest absolute Gasteiger partial charge is 0.481 e. The normalized spacial score (nSPS) is 12.5. The summed E-state index contributed by atoms with van der Waals surface area (Å²) in [7, 11) is 0. The lowest BCUT2D eigenvalue weighted by Crippen LogP contribution is -2.18. The van der Waals surface area contributed by atoms with Gasteiger partial charge in [-0.1, -0.05) is 6.92 Å². The van der Waals surface area contributed by atoms with E-state index in [2.05, 4.69) is 5.10 Å². The van der Waals surface area contributed by atoms with E-state index in [1.54, 1.807) is 25.5 Å². The predicted octanol–water partition coefficient (Wildman–Crippen LogP) is 1.42. The van der Waals surface area contributed by atoms with Crippen molar-refractivity contribution in [1.82, 2.24) is 9.78 Å². The second kappa shape index (κ2) is 4.47. The van der Waals surface area contributed by atoms with Crippen LogP contribution in [0, 0.1) is 19.8 Å². The molecule has 0 fully saturated rings. The molecule has 1 N–H and O–H groups in total. The number of hydrogen-bond donors (Lipinski definition) is 1. The third kappa shape index (κ3) is 2.29. The molecule has 5 heteroatoms. The van der Waals surface area contributed by atoms with E-state index in [4.69, 9.17) is 5.11 Å². The molecule has 1 heterocycles. The van der Waals surface area contributed by atoms with E-state index >= 15 is 0 Å². The van der Waals surface area contributed by atoms with Crippen molar-refractivity contribution in [1.29, 1.82) is 0 Å².